The monoisotopic (exact) mass is 416 g/mol. The van der Waals surface area contributed by atoms with Crippen molar-refractivity contribution in [2.75, 3.05) is 6.54 Å². The molecule has 160 valence electrons. The first-order chi connectivity index (χ1) is 14.7. The van der Waals surface area contributed by atoms with Gasteiger partial charge < -0.3 is 5.32 Å². The number of fused-ring (bicyclic) bond motifs is 1. The van der Waals surface area contributed by atoms with E-state index in [1.165, 1.54) is 0 Å². The van der Waals surface area contributed by atoms with Gasteiger partial charge in [-0.2, -0.15) is 5.10 Å². The summed E-state index contributed by atoms with van der Waals surface area (Å²) in [7, 11) is 0. The zero-order valence-corrected chi connectivity index (χ0v) is 18.5. The van der Waals surface area contributed by atoms with Gasteiger partial charge in [0.2, 0.25) is 0 Å². The number of nitrogens with one attached hydrogen (secondary N) is 1. The lowest BCUT2D eigenvalue weighted by Gasteiger charge is -2.29. The SMILES string of the molecule is CC(C)CNC(=O)c1ccc(-n2nc(-c3ccccc3)c3c2CC(C)(C)CC3=O)nc1. The van der Waals surface area contributed by atoms with Gasteiger partial charge in [-0.1, -0.05) is 58.0 Å². The number of benzene rings is 1. The van der Waals surface area contributed by atoms with Crippen molar-refractivity contribution in [2.45, 2.75) is 40.5 Å². The van der Waals surface area contributed by atoms with Gasteiger partial charge in [-0.05, 0) is 29.9 Å². The molecule has 1 aliphatic rings. The molecule has 31 heavy (non-hydrogen) atoms. The van der Waals surface area contributed by atoms with Crippen LogP contribution < -0.4 is 5.32 Å². The van der Waals surface area contributed by atoms with Crippen molar-refractivity contribution in [3.8, 4) is 17.1 Å². The van der Waals surface area contributed by atoms with Gasteiger partial charge in [0.25, 0.3) is 5.91 Å². The van der Waals surface area contributed by atoms with Crippen molar-refractivity contribution < 1.29 is 9.59 Å². The Kier molecular flexibility index (Phi) is 5.48. The number of aromatic nitrogens is 3. The molecule has 0 spiro atoms. The van der Waals surface area contributed by atoms with Crippen molar-refractivity contribution >= 4 is 11.7 Å². The van der Waals surface area contributed by atoms with E-state index in [4.69, 9.17) is 5.10 Å². The van der Waals surface area contributed by atoms with Gasteiger partial charge >= 0.3 is 0 Å². The van der Waals surface area contributed by atoms with Gasteiger partial charge in [0.15, 0.2) is 11.6 Å². The van der Waals surface area contributed by atoms with Crippen LogP contribution in [0, 0.1) is 11.3 Å². The fourth-order valence-corrected chi connectivity index (χ4v) is 3.98. The van der Waals surface area contributed by atoms with E-state index >= 15 is 0 Å². The van der Waals surface area contributed by atoms with Gasteiger partial charge in [0.05, 0.1) is 16.8 Å². The molecule has 6 heteroatoms. The van der Waals surface area contributed by atoms with Crippen LogP contribution in [0.4, 0.5) is 0 Å². The number of pyridine rings is 1. The van der Waals surface area contributed by atoms with Crippen LogP contribution >= 0.6 is 0 Å². The topological polar surface area (TPSA) is 76.9 Å². The molecule has 2 aromatic heterocycles. The van der Waals surface area contributed by atoms with E-state index < -0.39 is 0 Å². The predicted molar refractivity (Wildman–Crippen MR) is 120 cm³/mol. The lowest BCUT2D eigenvalue weighted by Crippen LogP contribution is -2.28. The van der Waals surface area contributed by atoms with Crippen LogP contribution in [-0.2, 0) is 6.42 Å². The second kappa shape index (κ2) is 8.10. The minimum absolute atomic E-state index is 0.112. The van der Waals surface area contributed by atoms with Crippen LogP contribution in [-0.4, -0.2) is 33.0 Å². The molecule has 0 aliphatic heterocycles. The highest BCUT2D eigenvalue weighted by atomic mass is 16.1. The maximum atomic E-state index is 13.1. The van der Waals surface area contributed by atoms with Gasteiger partial charge in [0.1, 0.15) is 5.69 Å². The minimum Gasteiger partial charge on any atom is -0.352 e. The van der Waals surface area contributed by atoms with Crippen molar-refractivity contribution in [1.29, 1.82) is 0 Å². The predicted octanol–water partition coefficient (Wildman–Crippen LogP) is 4.48. The summed E-state index contributed by atoms with van der Waals surface area (Å²) >= 11 is 0. The third-order valence-electron chi connectivity index (χ3n) is 5.49. The summed E-state index contributed by atoms with van der Waals surface area (Å²) in [4.78, 5) is 29.9. The minimum atomic E-state index is -0.146. The summed E-state index contributed by atoms with van der Waals surface area (Å²) < 4.78 is 1.77. The number of nitrogens with zero attached hydrogens (tertiary/aromatic N) is 3. The first-order valence-corrected chi connectivity index (χ1v) is 10.7. The third-order valence-corrected chi connectivity index (χ3v) is 5.49. The summed E-state index contributed by atoms with van der Waals surface area (Å²) in [6, 6.07) is 13.3. The first kappa shape index (κ1) is 21.0. The zero-order chi connectivity index (χ0) is 22.2. The van der Waals surface area contributed by atoms with Gasteiger partial charge in [-0.25, -0.2) is 9.67 Å². The number of carbonyl (C=O) groups is 2. The molecule has 4 rings (SSSR count). The normalized spacial score (nSPS) is 15.1. The maximum Gasteiger partial charge on any atom is 0.252 e. The number of Topliss-reactive ketones (excluding diaryl/α,β-unsaturated/α-hetero) is 1. The van der Waals surface area contributed by atoms with Crippen molar-refractivity contribution in [3.63, 3.8) is 0 Å². The summed E-state index contributed by atoms with van der Waals surface area (Å²) in [6.07, 6.45) is 2.79. The van der Waals surface area contributed by atoms with Crippen LogP contribution in [0.15, 0.2) is 48.7 Å². The van der Waals surface area contributed by atoms with Crippen LogP contribution in [0.3, 0.4) is 0 Å². The molecule has 6 nitrogen and oxygen atoms in total. The van der Waals surface area contributed by atoms with Crippen LogP contribution in [0.5, 0.6) is 0 Å². The summed E-state index contributed by atoms with van der Waals surface area (Å²) in [5.41, 5.74) is 3.53. The lowest BCUT2D eigenvalue weighted by molar-refractivity contribution is 0.0910. The van der Waals surface area contributed by atoms with E-state index in [1.807, 2.05) is 30.3 Å². The number of rotatable bonds is 5. The van der Waals surface area contributed by atoms with E-state index in [9.17, 15) is 9.59 Å². The molecule has 0 saturated carbocycles. The number of hydrogen-bond donors (Lipinski definition) is 1. The van der Waals surface area contributed by atoms with E-state index in [0.717, 1.165) is 17.7 Å². The Morgan fingerprint density at radius 3 is 2.52 bits per heavy atom. The second-order valence-corrected chi connectivity index (χ2v) is 9.40. The fraction of sp³-hybridized carbons (Fsp3) is 0.360. The lowest BCUT2D eigenvalue weighted by atomic mass is 9.75. The number of carbonyl (C=O) groups excluding carboxylic acids is 2. The molecule has 1 aliphatic carbocycles. The molecular weight excluding hydrogens is 388 g/mol. The Bertz CT molecular complexity index is 1110. The van der Waals surface area contributed by atoms with E-state index in [2.05, 4.69) is 38.0 Å². The van der Waals surface area contributed by atoms with Crippen LogP contribution in [0.1, 0.15) is 60.5 Å². The highest BCUT2D eigenvalue weighted by Gasteiger charge is 2.37. The van der Waals surface area contributed by atoms with Crippen molar-refractivity contribution in [1.82, 2.24) is 20.1 Å². The number of amides is 1. The van der Waals surface area contributed by atoms with Crippen LogP contribution in [0.25, 0.3) is 17.1 Å². The highest BCUT2D eigenvalue weighted by molar-refractivity contribution is 6.04. The smallest absolute Gasteiger partial charge is 0.252 e. The number of ketones is 1. The Hall–Kier alpha value is -3.28. The standard InChI is InChI=1S/C25H28N4O2/c1-16(2)14-27-24(31)18-10-11-21(26-15-18)29-19-12-25(3,4)13-20(30)22(19)23(28-29)17-8-6-5-7-9-17/h5-11,15-16H,12-14H2,1-4H3,(H,27,31). The molecule has 1 amide bonds. The molecule has 0 bridgehead atoms. The maximum absolute atomic E-state index is 13.1. The summed E-state index contributed by atoms with van der Waals surface area (Å²) in [5.74, 6) is 0.950. The fourth-order valence-electron chi connectivity index (χ4n) is 3.98. The Labute approximate surface area is 182 Å². The van der Waals surface area contributed by atoms with Crippen LogP contribution in [0.2, 0.25) is 0 Å². The van der Waals surface area contributed by atoms with Gasteiger partial charge in [0, 0.05) is 24.7 Å². The van der Waals surface area contributed by atoms with Crippen molar-refractivity contribution in [3.05, 3.63) is 65.5 Å². The molecule has 3 aromatic rings. The molecule has 1 N–H and O–H groups in total. The Morgan fingerprint density at radius 2 is 1.87 bits per heavy atom. The second-order valence-electron chi connectivity index (χ2n) is 9.40. The zero-order valence-electron chi connectivity index (χ0n) is 18.5. The quantitative estimate of drug-likeness (QED) is 0.665. The van der Waals surface area contributed by atoms with E-state index in [1.54, 1.807) is 23.0 Å². The molecular formula is C25H28N4O2. The highest BCUT2D eigenvalue weighted by Crippen LogP contribution is 2.39. The molecule has 0 atom stereocenters. The molecule has 2 heterocycles. The van der Waals surface area contributed by atoms with Gasteiger partial charge in [-0.3, -0.25) is 9.59 Å². The van der Waals surface area contributed by atoms with Crippen molar-refractivity contribution in [2.24, 2.45) is 11.3 Å². The third kappa shape index (κ3) is 4.29. The Balaban J connectivity index is 1.75. The average Bonchev–Trinajstić information content (AvgIpc) is 3.11. The Morgan fingerprint density at radius 1 is 1.13 bits per heavy atom. The van der Waals surface area contributed by atoms with E-state index in [0.29, 0.717) is 41.5 Å². The molecule has 0 unspecified atom stereocenters. The van der Waals surface area contributed by atoms with Gasteiger partial charge in [-0.15, -0.1) is 0 Å². The average molecular weight is 417 g/mol. The first-order valence-electron chi connectivity index (χ1n) is 10.7. The molecule has 1 aromatic carbocycles. The molecule has 0 saturated heterocycles. The largest absolute Gasteiger partial charge is 0.352 e. The summed E-state index contributed by atoms with van der Waals surface area (Å²) in [6.45, 7) is 8.92. The molecule has 0 radical (unpaired) electrons. The number of hydrogen-bond acceptors (Lipinski definition) is 4. The molecule has 0 fully saturated rings. The summed E-state index contributed by atoms with van der Waals surface area (Å²) in [5, 5.41) is 7.72. The van der Waals surface area contributed by atoms with E-state index in [-0.39, 0.29) is 17.1 Å².